The van der Waals surface area contributed by atoms with Crippen molar-refractivity contribution in [2.75, 3.05) is 7.11 Å². The van der Waals surface area contributed by atoms with Crippen LogP contribution in [0, 0.1) is 11.8 Å². The van der Waals surface area contributed by atoms with Gasteiger partial charge in [-0.3, -0.25) is 4.79 Å². The second-order valence-electron chi connectivity index (χ2n) is 3.55. The number of benzene rings is 1. The number of unbranched alkanes of at least 4 members (excludes halogenated alkanes) is 1. The minimum atomic E-state index is -0.240. The average Bonchev–Trinajstić information content (AvgIpc) is 2.43. The molecule has 0 fully saturated rings. The Morgan fingerprint density at radius 3 is 2.72 bits per heavy atom. The van der Waals surface area contributed by atoms with Gasteiger partial charge in [-0.05, 0) is 12.3 Å². The molecule has 0 heterocycles. The zero-order valence-electron chi connectivity index (χ0n) is 10.2. The number of hydrogen-bond acceptors (Lipinski definition) is 4. The fourth-order valence-corrected chi connectivity index (χ4v) is 1.32. The van der Waals surface area contributed by atoms with E-state index in [1.807, 2.05) is 30.3 Å². The summed E-state index contributed by atoms with van der Waals surface area (Å²) in [5.74, 6) is 5.40. The number of nitrogens with zero attached hydrogens (tertiary/aromatic N) is 1. The second kappa shape index (κ2) is 7.91. The maximum atomic E-state index is 10.9. The van der Waals surface area contributed by atoms with Gasteiger partial charge < -0.3 is 9.94 Å². The van der Waals surface area contributed by atoms with Gasteiger partial charge in [0.15, 0.2) is 5.71 Å². The van der Waals surface area contributed by atoms with Crippen LogP contribution in [-0.4, -0.2) is 24.0 Å². The lowest BCUT2D eigenvalue weighted by molar-refractivity contribution is -0.140. The van der Waals surface area contributed by atoms with Gasteiger partial charge in [-0.2, -0.15) is 0 Å². The lowest BCUT2D eigenvalue weighted by Crippen LogP contribution is -1.99. The fraction of sp³-hybridized carbons (Fsp3) is 0.286. The third-order valence-electron chi connectivity index (χ3n) is 2.26. The maximum Gasteiger partial charge on any atom is 0.305 e. The van der Waals surface area contributed by atoms with E-state index in [-0.39, 0.29) is 5.97 Å². The van der Waals surface area contributed by atoms with Gasteiger partial charge in [0.25, 0.3) is 0 Å². The summed E-state index contributed by atoms with van der Waals surface area (Å²) in [5.41, 5.74) is 1.09. The van der Waals surface area contributed by atoms with Gasteiger partial charge in [-0.25, -0.2) is 0 Å². The summed E-state index contributed by atoms with van der Waals surface area (Å²) in [6.45, 7) is 0. The minimum Gasteiger partial charge on any atom is -0.469 e. The SMILES string of the molecule is COC(=O)CCCC#C/C(=N/O)c1ccccc1. The first-order valence-electron chi connectivity index (χ1n) is 5.61. The summed E-state index contributed by atoms with van der Waals surface area (Å²) < 4.78 is 4.52. The Bertz CT molecular complexity index is 469. The molecule has 0 aromatic heterocycles. The minimum absolute atomic E-state index is 0.240. The molecule has 1 aromatic rings. The van der Waals surface area contributed by atoms with Crippen molar-refractivity contribution in [2.24, 2.45) is 5.16 Å². The Hall–Kier alpha value is -2.28. The van der Waals surface area contributed by atoms with Crippen LogP contribution in [0.25, 0.3) is 0 Å². The van der Waals surface area contributed by atoms with Crippen LogP contribution in [0.1, 0.15) is 24.8 Å². The predicted molar refractivity (Wildman–Crippen MR) is 68.4 cm³/mol. The second-order valence-corrected chi connectivity index (χ2v) is 3.55. The van der Waals surface area contributed by atoms with Gasteiger partial charge in [0.1, 0.15) is 0 Å². The Morgan fingerprint density at radius 2 is 2.11 bits per heavy atom. The van der Waals surface area contributed by atoms with Crippen molar-refractivity contribution in [3.05, 3.63) is 35.9 Å². The fourth-order valence-electron chi connectivity index (χ4n) is 1.32. The maximum absolute atomic E-state index is 10.9. The molecule has 1 rings (SSSR count). The highest BCUT2D eigenvalue weighted by Gasteiger charge is 1.99. The molecule has 18 heavy (non-hydrogen) atoms. The van der Waals surface area contributed by atoms with E-state index >= 15 is 0 Å². The summed E-state index contributed by atoms with van der Waals surface area (Å²) in [6, 6.07) is 9.21. The van der Waals surface area contributed by atoms with E-state index in [2.05, 4.69) is 21.7 Å². The summed E-state index contributed by atoms with van der Waals surface area (Å²) in [4.78, 5) is 10.9. The van der Waals surface area contributed by atoms with Crippen molar-refractivity contribution in [2.45, 2.75) is 19.3 Å². The molecule has 0 aliphatic heterocycles. The van der Waals surface area contributed by atoms with Crippen LogP contribution in [0.3, 0.4) is 0 Å². The number of rotatable bonds is 4. The number of methoxy groups -OCH3 is 1. The smallest absolute Gasteiger partial charge is 0.305 e. The molecule has 1 N–H and O–H groups in total. The predicted octanol–water partition coefficient (Wildman–Crippen LogP) is 2.21. The van der Waals surface area contributed by atoms with Crippen molar-refractivity contribution in [1.29, 1.82) is 0 Å². The molecule has 0 spiro atoms. The van der Waals surface area contributed by atoms with Crippen molar-refractivity contribution < 1.29 is 14.7 Å². The van der Waals surface area contributed by atoms with Gasteiger partial charge in [0.2, 0.25) is 0 Å². The molecule has 94 valence electrons. The zero-order valence-corrected chi connectivity index (χ0v) is 10.2. The number of carbonyl (C=O) groups is 1. The molecule has 4 nitrogen and oxygen atoms in total. The number of carbonyl (C=O) groups excluding carboxylic acids is 1. The first-order chi connectivity index (χ1) is 8.77. The molecule has 0 saturated carbocycles. The van der Waals surface area contributed by atoms with E-state index in [9.17, 15) is 4.79 Å². The van der Waals surface area contributed by atoms with Crippen molar-refractivity contribution >= 4 is 11.7 Å². The summed E-state index contributed by atoms with van der Waals surface area (Å²) in [7, 11) is 1.36. The van der Waals surface area contributed by atoms with E-state index in [4.69, 9.17) is 5.21 Å². The van der Waals surface area contributed by atoms with Gasteiger partial charge in [0, 0.05) is 18.4 Å². The molecule has 1 aromatic carbocycles. The van der Waals surface area contributed by atoms with Crippen LogP contribution < -0.4 is 0 Å². The Balaban J connectivity index is 2.49. The summed E-state index contributed by atoms with van der Waals surface area (Å²) in [6.07, 6.45) is 1.54. The van der Waals surface area contributed by atoms with Crippen LogP contribution in [0.4, 0.5) is 0 Å². The highest BCUT2D eigenvalue weighted by Crippen LogP contribution is 2.01. The molecule has 0 unspecified atom stereocenters. The van der Waals surface area contributed by atoms with Gasteiger partial charge in [0.05, 0.1) is 7.11 Å². The van der Waals surface area contributed by atoms with E-state index in [1.165, 1.54) is 7.11 Å². The Labute approximate surface area is 106 Å². The highest BCUT2D eigenvalue weighted by molar-refractivity contribution is 6.12. The lowest BCUT2D eigenvalue weighted by Gasteiger charge is -1.96. The van der Waals surface area contributed by atoms with Crippen LogP contribution >= 0.6 is 0 Å². The van der Waals surface area contributed by atoms with Crippen molar-refractivity contribution in [3.8, 4) is 11.8 Å². The van der Waals surface area contributed by atoms with Crippen LogP contribution in [0.5, 0.6) is 0 Å². The Kier molecular flexibility index (Phi) is 6.05. The van der Waals surface area contributed by atoms with Crippen molar-refractivity contribution in [3.63, 3.8) is 0 Å². The van der Waals surface area contributed by atoms with E-state index in [0.717, 1.165) is 5.56 Å². The topological polar surface area (TPSA) is 58.9 Å². The largest absolute Gasteiger partial charge is 0.469 e. The monoisotopic (exact) mass is 245 g/mol. The molecule has 0 saturated heterocycles. The molecule has 4 heteroatoms. The molecule has 0 atom stereocenters. The van der Waals surface area contributed by atoms with Gasteiger partial charge in [-0.1, -0.05) is 41.4 Å². The van der Waals surface area contributed by atoms with E-state index < -0.39 is 0 Å². The molecule has 0 aliphatic rings. The number of esters is 1. The van der Waals surface area contributed by atoms with Crippen LogP contribution in [0.2, 0.25) is 0 Å². The highest BCUT2D eigenvalue weighted by atomic mass is 16.5. The molecular formula is C14H15NO3. The third kappa shape index (κ3) is 4.71. The summed E-state index contributed by atoms with van der Waals surface area (Å²) >= 11 is 0. The lowest BCUT2D eigenvalue weighted by atomic mass is 10.1. The van der Waals surface area contributed by atoms with E-state index in [0.29, 0.717) is 25.0 Å². The number of oxime groups is 1. The molecular weight excluding hydrogens is 230 g/mol. The normalized spacial score (nSPS) is 10.4. The average molecular weight is 245 g/mol. The molecule has 0 bridgehead atoms. The van der Waals surface area contributed by atoms with E-state index in [1.54, 1.807) is 0 Å². The van der Waals surface area contributed by atoms with Crippen LogP contribution in [-0.2, 0) is 9.53 Å². The molecule has 0 amide bonds. The Morgan fingerprint density at radius 1 is 1.39 bits per heavy atom. The third-order valence-corrected chi connectivity index (χ3v) is 2.26. The summed E-state index contributed by atoms with van der Waals surface area (Å²) in [5, 5.41) is 12.0. The molecule has 0 aliphatic carbocycles. The zero-order chi connectivity index (χ0) is 13.2. The van der Waals surface area contributed by atoms with Gasteiger partial charge >= 0.3 is 5.97 Å². The number of ether oxygens (including phenoxy) is 1. The van der Waals surface area contributed by atoms with Crippen molar-refractivity contribution in [1.82, 2.24) is 0 Å². The first-order valence-corrected chi connectivity index (χ1v) is 5.61. The van der Waals surface area contributed by atoms with Crippen LogP contribution in [0.15, 0.2) is 35.5 Å². The standard InChI is InChI=1S/C14H15NO3/c1-18-14(16)11-7-3-6-10-13(15-17)12-8-4-2-5-9-12/h2,4-5,8-9,17H,3,7,11H2,1H3/b15-13-. The first kappa shape index (κ1) is 13.8. The van der Waals surface area contributed by atoms with Gasteiger partial charge in [-0.15, -0.1) is 0 Å². The number of hydrogen-bond donors (Lipinski definition) is 1. The quantitative estimate of drug-likeness (QED) is 0.221. The molecule has 0 radical (unpaired) electrons.